The highest BCUT2D eigenvalue weighted by molar-refractivity contribution is 6.30. The van der Waals surface area contributed by atoms with Gasteiger partial charge in [0.2, 0.25) is 0 Å². The van der Waals surface area contributed by atoms with Crippen molar-refractivity contribution in [1.82, 2.24) is 9.55 Å². The van der Waals surface area contributed by atoms with Gasteiger partial charge in [-0.1, -0.05) is 11.6 Å². The minimum absolute atomic E-state index is 0.0661. The fourth-order valence-electron chi connectivity index (χ4n) is 2.65. The van der Waals surface area contributed by atoms with Crippen LogP contribution in [0.3, 0.4) is 0 Å². The number of nitrogens with two attached hydrogens (primary N) is 1. The van der Waals surface area contributed by atoms with Crippen molar-refractivity contribution in [3.05, 3.63) is 47.0 Å². The topological polar surface area (TPSA) is 53.1 Å². The summed E-state index contributed by atoms with van der Waals surface area (Å²) in [4.78, 5) is 4.23. The van der Waals surface area contributed by atoms with Crippen LogP contribution in [0.5, 0.6) is 5.75 Å². The highest BCUT2D eigenvalue weighted by atomic mass is 35.5. The zero-order chi connectivity index (χ0) is 14.3. The first-order valence-corrected chi connectivity index (χ1v) is 7.17. The Bertz CT molecular complexity index is 623. The molecule has 0 bridgehead atoms. The van der Waals surface area contributed by atoms with Gasteiger partial charge >= 0.3 is 0 Å². The summed E-state index contributed by atoms with van der Waals surface area (Å²) in [6, 6.07) is 5.88. The van der Waals surface area contributed by atoms with E-state index in [4.69, 9.17) is 22.1 Å². The number of ether oxygens (including phenoxy) is 1. The van der Waals surface area contributed by atoms with Gasteiger partial charge in [-0.3, -0.25) is 0 Å². The second-order valence-corrected chi connectivity index (χ2v) is 5.89. The van der Waals surface area contributed by atoms with Gasteiger partial charge in [-0.25, -0.2) is 4.98 Å². The number of rotatable bonds is 2. The maximum atomic E-state index is 6.27. The minimum Gasteiger partial charge on any atom is -0.484 e. The lowest BCUT2D eigenvalue weighted by molar-refractivity contribution is 0.151. The van der Waals surface area contributed by atoms with Gasteiger partial charge in [0.25, 0.3) is 0 Å². The van der Waals surface area contributed by atoms with Crippen molar-refractivity contribution >= 4 is 11.6 Å². The molecule has 3 rings (SSSR count). The van der Waals surface area contributed by atoms with Gasteiger partial charge in [0.05, 0.1) is 18.2 Å². The van der Waals surface area contributed by atoms with Crippen molar-refractivity contribution in [1.29, 1.82) is 0 Å². The van der Waals surface area contributed by atoms with E-state index in [1.807, 2.05) is 30.7 Å². The summed E-state index contributed by atoms with van der Waals surface area (Å²) >= 11 is 6.02. The van der Waals surface area contributed by atoms with E-state index < -0.39 is 0 Å². The molecule has 0 saturated carbocycles. The quantitative estimate of drug-likeness (QED) is 0.919. The van der Waals surface area contributed by atoms with Gasteiger partial charge in [0.1, 0.15) is 11.9 Å². The lowest BCUT2D eigenvalue weighted by Gasteiger charge is -2.31. The Balaban J connectivity index is 1.95. The number of nitrogens with zero attached hydrogens (tertiary/aromatic N) is 2. The molecule has 0 radical (unpaired) electrons. The third-order valence-corrected chi connectivity index (χ3v) is 3.93. The van der Waals surface area contributed by atoms with Crippen molar-refractivity contribution in [2.75, 3.05) is 0 Å². The van der Waals surface area contributed by atoms with E-state index in [1.54, 1.807) is 0 Å². The molecule has 0 amide bonds. The van der Waals surface area contributed by atoms with Gasteiger partial charge in [-0.05, 0) is 32.0 Å². The Morgan fingerprint density at radius 3 is 3.00 bits per heavy atom. The van der Waals surface area contributed by atoms with Gasteiger partial charge in [0, 0.05) is 29.1 Å². The van der Waals surface area contributed by atoms with E-state index in [9.17, 15) is 0 Å². The molecule has 20 heavy (non-hydrogen) atoms. The molecule has 2 aromatic rings. The molecule has 1 aromatic carbocycles. The van der Waals surface area contributed by atoms with Crippen LogP contribution in [0.15, 0.2) is 30.7 Å². The molecule has 2 unspecified atom stereocenters. The normalized spacial score (nSPS) is 21.6. The largest absolute Gasteiger partial charge is 0.484 e. The number of hydrogen-bond donors (Lipinski definition) is 1. The summed E-state index contributed by atoms with van der Waals surface area (Å²) in [6.45, 7) is 4.25. The standard InChI is InChI=1S/C15H18ClN3O/c1-9(2)19-8-18-7-13(19)15-6-12(17)11-5-10(16)3-4-14(11)20-15/h3-5,7-9,12,15H,6,17H2,1-2H3. The summed E-state index contributed by atoms with van der Waals surface area (Å²) in [5, 5.41) is 0.688. The second kappa shape index (κ2) is 5.11. The lowest BCUT2D eigenvalue weighted by atomic mass is 9.96. The molecule has 1 aliphatic heterocycles. The predicted molar refractivity (Wildman–Crippen MR) is 79.0 cm³/mol. The molecule has 2 heterocycles. The van der Waals surface area contributed by atoms with Gasteiger partial charge in [0.15, 0.2) is 0 Å². The highest BCUT2D eigenvalue weighted by Crippen LogP contribution is 2.40. The monoisotopic (exact) mass is 291 g/mol. The Morgan fingerprint density at radius 2 is 2.25 bits per heavy atom. The lowest BCUT2D eigenvalue weighted by Crippen LogP contribution is -2.26. The van der Waals surface area contributed by atoms with Crippen molar-refractivity contribution < 1.29 is 4.74 Å². The molecule has 0 spiro atoms. The number of aromatic nitrogens is 2. The number of halogens is 1. The molecule has 0 fully saturated rings. The molecule has 0 saturated heterocycles. The molecule has 4 nitrogen and oxygen atoms in total. The van der Waals surface area contributed by atoms with Gasteiger partial charge < -0.3 is 15.0 Å². The van der Waals surface area contributed by atoms with Crippen LogP contribution in [-0.4, -0.2) is 9.55 Å². The summed E-state index contributed by atoms with van der Waals surface area (Å²) < 4.78 is 8.22. The predicted octanol–water partition coefficient (Wildman–Crippen LogP) is 3.64. The first-order chi connectivity index (χ1) is 9.56. The third-order valence-electron chi connectivity index (χ3n) is 3.69. The Morgan fingerprint density at radius 1 is 1.45 bits per heavy atom. The first kappa shape index (κ1) is 13.5. The van der Waals surface area contributed by atoms with Crippen LogP contribution >= 0.6 is 11.6 Å². The molecular formula is C15H18ClN3O. The SMILES string of the molecule is CC(C)n1cncc1C1CC(N)c2cc(Cl)ccc2O1. The molecule has 1 aromatic heterocycles. The molecule has 5 heteroatoms. The summed E-state index contributed by atoms with van der Waals surface area (Å²) in [5.74, 6) is 0.814. The van der Waals surface area contributed by atoms with Gasteiger partial charge in [-0.15, -0.1) is 0 Å². The van der Waals surface area contributed by atoms with Crippen LogP contribution in [0.25, 0.3) is 0 Å². The zero-order valence-electron chi connectivity index (χ0n) is 11.6. The molecule has 2 atom stereocenters. The van der Waals surface area contributed by atoms with Crippen LogP contribution in [0.4, 0.5) is 0 Å². The molecule has 0 aliphatic carbocycles. The summed E-state index contributed by atoms with van der Waals surface area (Å²) in [7, 11) is 0. The van der Waals surface area contributed by atoms with Gasteiger partial charge in [-0.2, -0.15) is 0 Å². The molecule has 2 N–H and O–H groups in total. The fourth-order valence-corrected chi connectivity index (χ4v) is 2.83. The minimum atomic E-state index is -0.0713. The van der Waals surface area contributed by atoms with Crippen LogP contribution in [0.1, 0.15) is 49.7 Å². The summed E-state index contributed by atoms with van der Waals surface area (Å²) in [5.41, 5.74) is 8.31. The van der Waals surface area contributed by atoms with Crippen molar-refractivity contribution in [3.63, 3.8) is 0 Å². The maximum absolute atomic E-state index is 6.27. The molecule has 106 valence electrons. The van der Waals surface area contributed by atoms with Crippen molar-refractivity contribution in [3.8, 4) is 5.75 Å². The molecule has 1 aliphatic rings. The third kappa shape index (κ3) is 2.30. The van der Waals surface area contributed by atoms with Crippen LogP contribution in [0, 0.1) is 0 Å². The van der Waals surface area contributed by atoms with E-state index >= 15 is 0 Å². The zero-order valence-corrected chi connectivity index (χ0v) is 12.3. The average Bonchev–Trinajstić information content (AvgIpc) is 2.89. The highest BCUT2D eigenvalue weighted by Gasteiger charge is 2.29. The Hall–Kier alpha value is -1.52. The number of hydrogen-bond acceptors (Lipinski definition) is 3. The van der Waals surface area contributed by atoms with E-state index in [1.165, 1.54) is 0 Å². The number of fused-ring (bicyclic) bond motifs is 1. The Labute approximate surface area is 123 Å². The molecular weight excluding hydrogens is 274 g/mol. The van der Waals surface area contributed by atoms with Crippen LogP contribution in [-0.2, 0) is 0 Å². The second-order valence-electron chi connectivity index (χ2n) is 5.45. The van der Waals surface area contributed by atoms with Crippen LogP contribution < -0.4 is 10.5 Å². The van der Waals surface area contributed by atoms with E-state index in [0.29, 0.717) is 11.1 Å². The first-order valence-electron chi connectivity index (χ1n) is 6.79. The summed E-state index contributed by atoms with van der Waals surface area (Å²) in [6.07, 6.45) is 4.36. The van der Waals surface area contributed by atoms with Crippen LogP contribution in [0.2, 0.25) is 5.02 Å². The smallest absolute Gasteiger partial charge is 0.142 e. The van der Waals surface area contributed by atoms with E-state index in [-0.39, 0.29) is 12.1 Å². The van der Waals surface area contributed by atoms with Crippen molar-refractivity contribution in [2.24, 2.45) is 5.73 Å². The van der Waals surface area contributed by atoms with Crippen molar-refractivity contribution in [2.45, 2.75) is 38.5 Å². The Kier molecular flexibility index (Phi) is 3.44. The number of benzene rings is 1. The fraction of sp³-hybridized carbons (Fsp3) is 0.400. The van der Waals surface area contributed by atoms with E-state index in [0.717, 1.165) is 23.4 Å². The average molecular weight is 292 g/mol. The maximum Gasteiger partial charge on any atom is 0.142 e. The van der Waals surface area contributed by atoms with E-state index in [2.05, 4.69) is 23.4 Å². The number of imidazole rings is 1.